The van der Waals surface area contributed by atoms with Crippen molar-refractivity contribution in [2.45, 2.75) is 13.8 Å². The maximum atomic E-state index is 10.1. The number of hydrogen-bond acceptors (Lipinski definition) is 2. The summed E-state index contributed by atoms with van der Waals surface area (Å²) in [5.74, 6) is 0.468. The SMILES string of the molecule is CC(C)CO/C=C/C(=O)Cl. The van der Waals surface area contributed by atoms with E-state index in [9.17, 15) is 4.79 Å². The highest BCUT2D eigenvalue weighted by Gasteiger charge is 1.90. The van der Waals surface area contributed by atoms with Crippen LogP contribution in [0, 0.1) is 5.92 Å². The fraction of sp³-hybridized carbons (Fsp3) is 0.571. The molecule has 2 nitrogen and oxygen atoms in total. The lowest BCUT2D eigenvalue weighted by Crippen LogP contribution is -1.96. The molecule has 0 aliphatic carbocycles. The van der Waals surface area contributed by atoms with Crippen molar-refractivity contribution in [1.29, 1.82) is 0 Å². The summed E-state index contributed by atoms with van der Waals surface area (Å²) in [4.78, 5) is 10.1. The van der Waals surface area contributed by atoms with Gasteiger partial charge in [-0.1, -0.05) is 13.8 Å². The Balaban J connectivity index is 3.27. The standard InChI is InChI=1S/C7H11ClO2/c1-6(2)5-10-4-3-7(8)9/h3-4,6H,5H2,1-2H3/b4-3+. The zero-order valence-electron chi connectivity index (χ0n) is 6.13. The average molecular weight is 163 g/mol. The van der Waals surface area contributed by atoms with Gasteiger partial charge in [0.05, 0.1) is 12.9 Å². The van der Waals surface area contributed by atoms with Gasteiger partial charge < -0.3 is 4.74 Å². The molecule has 0 atom stereocenters. The minimum Gasteiger partial charge on any atom is -0.501 e. The topological polar surface area (TPSA) is 26.3 Å². The molecule has 0 saturated heterocycles. The second-order valence-corrected chi connectivity index (χ2v) is 2.71. The van der Waals surface area contributed by atoms with Crippen LogP contribution in [-0.4, -0.2) is 11.8 Å². The summed E-state index contributed by atoms with van der Waals surface area (Å²) in [7, 11) is 0. The van der Waals surface area contributed by atoms with Gasteiger partial charge in [-0.05, 0) is 17.5 Å². The van der Waals surface area contributed by atoms with Gasteiger partial charge in [-0.15, -0.1) is 0 Å². The Kier molecular flexibility index (Phi) is 5.03. The van der Waals surface area contributed by atoms with E-state index in [1.54, 1.807) is 0 Å². The predicted molar refractivity (Wildman–Crippen MR) is 40.8 cm³/mol. The van der Waals surface area contributed by atoms with Gasteiger partial charge in [0.1, 0.15) is 0 Å². The zero-order chi connectivity index (χ0) is 7.98. The Labute approximate surface area is 65.8 Å². The number of carbonyl (C=O) groups is 1. The monoisotopic (exact) mass is 162 g/mol. The maximum absolute atomic E-state index is 10.1. The number of allylic oxidation sites excluding steroid dienone is 1. The zero-order valence-corrected chi connectivity index (χ0v) is 6.89. The van der Waals surface area contributed by atoms with E-state index in [4.69, 9.17) is 16.3 Å². The van der Waals surface area contributed by atoms with E-state index in [2.05, 4.69) is 0 Å². The van der Waals surface area contributed by atoms with Crippen LogP contribution in [0.2, 0.25) is 0 Å². The lowest BCUT2D eigenvalue weighted by molar-refractivity contribution is -0.107. The first-order chi connectivity index (χ1) is 4.63. The number of halogens is 1. The third-order valence-corrected chi connectivity index (χ3v) is 0.851. The summed E-state index contributed by atoms with van der Waals surface area (Å²) >= 11 is 4.99. The van der Waals surface area contributed by atoms with Gasteiger partial charge in [0, 0.05) is 6.08 Å². The Hall–Kier alpha value is -0.500. The molecule has 0 saturated carbocycles. The first kappa shape index (κ1) is 9.50. The second kappa shape index (κ2) is 5.30. The number of ether oxygens (including phenoxy) is 1. The van der Waals surface area contributed by atoms with Crippen LogP contribution in [0.5, 0.6) is 0 Å². The van der Waals surface area contributed by atoms with Crippen molar-refractivity contribution in [2.24, 2.45) is 5.92 Å². The molecule has 0 unspecified atom stereocenters. The summed E-state index contributed by atoms with van der Waals surface area (Å²) in [6, 6.07) is 0. The molecule has 0 rings (SSSR count). The minimum absolute atomic E-state index is 0.468. The summed E-state index contributed by atoms with van der Waals surface area (Å²) in [6.07, 6.45) is 2.50. The molecule has 3 heteroatoms. The number of carbonyl (C=O) groups excluding carboxylic acids is 1. The van der Waals surface area contributed by atoms with Crippen LogP contribution >= 0.6 is 11.6 Å². The summed E-state index contributed by atoms with van der Waals surface area (Å²) < 4.78 is 4.92. The van der Waals surface area contributed by atoms with Gasteiger partial charge >= 0.3 is 0 Å². The second-order valence-electron chi connectivity index (χ2n) is 2.33. The molecule has 0 bridgehead atoms. The molecule has 0 amide bonds. The molecule has 58 valence electrons. The van der Waals surface area contributed by atoms with Gasteiger partial charge in [-0.25, -0.2) is 0 Å². The van der Waals surface area contributed by atoms with E-state index in [-0.39, 0.29) is 0 Å². The highest BCUT2D eigenvalue weighted by Crippen LogP contribution is 1.93. The van der Waals surface area contributed by atoms with Crippen LogP contribution in [0.15, 0.2) is 12.3 Å². The van der Waals surface area contributed by atoms with E-state index >= 15 is 0 Å². The van der Waals surface area contributed by atoms with Crippen LogP contribution in [0.4, 0.5) is 0 Å². The third kappa shape index (κ3) is 7.50. The molecule has 0 N–H and O–H groups in total. The molecular weight excluding hydrogens is 152 g/mol. The van der Waals surface area contributed by atoms with Crippen molar-refractivity contribution >= 4 is 16.8 Å². The third-order valence-electron chi connectivity index (χ3n) is 0.725. The first-order valence-corrected chi connectivity index (χ1v) is 3.48. The maximum Gasteiger partial charge on any atom is 0.248 e. The van der Waals surface area contributed by atoms with Crippen molar-refractivity contribution in [3.8, 4) is 0 Å². The molecule has 0 aromatic carbocycles. The molecule has 0 radical (unpaired) electrons. The van der Waals surface area contributed by atoms with Gasteiger partial charge in [0.2, 0.25) is 5.24 Å². The van der Waals surface area contributed by atoms with Crippen molar-refractivity contribution in [3.63, 3.8) is 0 Å². The van der Waals surface area contributed by atoms with Crippen LogP contribution in [0.3, 0.4) is 0 Å². The van der Waals surface area contributed by atoms with Gasteiger partial charge in [0.25, 0.3) is 0 Å². The van der Waals surface area contributed by atoms with E-state index in [0.717, 1.165) is 0 Å². The Bertz CT molecular complexity index is 130. The van der Waals surface area contributed by atoms with Crippen LogP contribution in [0.25, 0.3) is 0 Å². The summed E-state index contributed by atoms with van der Waals surface area (Å²) in [5.41, 5.74) is 0. The fourth-order valence-electron chi connectivity index (χ4n) is 0.350. The van der Waals surface area contributed by atoms with Crippen LogP contribution in [0.1, 0.15) is 13.8 Å². The van der Waals surface area contributed by atoms with Crippen molar-refractivity contribution in [1.82, 2.24) is 0 Å². The molecule has 0 fully saturated rings. The summed E-state index contributed by atoms with van der Waals surface area (Å²) in [5, 5.41) is -0.510. The lowest BCUT2D eigenvalue weighted by Gasteiger charge is -2.01. The van der Waals surface area contributed by atoms with Gasteiger partial charge in [-0.3, -0.25) is 4.79 Å². The van der Waals surface area contributed by atoms with E-state index in [0.29, 0.717) is 12.5 Å². The van der Waals surface area contributed by atoms with E-state index < -0.39 is 5.24 Å². The normalized spacial score (nSPS) is 10.8. The molecule has 0 spiro atoms. The minimum atomic E-state index is -0.510. The van der Waals surface area contributed by atoms with Crippen molar-refractivity contribution in [2.75, 3.05) is 6.61 Å². The molecule has 0 heterocycles. The molecule has 0 aromatic heterocycles. The predicted octanol–water partition coefficient (Wildman–Crippen LogP) is 1.94. The smallest absolute Gasteiger partial charge is 0.248 e. The van der Waals surface area contributed by atoms with E-state index in [1.165, 1.54) is 12.3 Å². The van der Waals surface area contributed by atoms with Crippen molar-refractivity contribution < 1.29 is 9.53 Å². The molecule has 0 aromatic rings. The Morgan fingerprint density at radius 1 is 1.70 bits per heavy atom. The lowest BCUT2D eigenvalue weighted by atomic mass is 10.2. The first-order valence-electron chi connectivity index (χ1n) is 3.10. The quantitative estimate of drug-likeness (QED) is 0.359. The highest BCUT2D eigenvalue weighted by molar-refractivity contribution is 6.66. The van der Waals surface area contributed by atoms with Crippen LogP contribution in [-0.2, 0) is 9.53 Å². The van der Waals surface area contributed by atoms with Gasteiger partial charge in [0.15, 0.2) is 0 Å². The average Bonchev–Trinajstić information content (AvgIpc) is 1.79. The molecular formula is C7H11ClO2. The number of rotatable bonds is 4. The highest BCUT2D eigenvalue weighted by atomic mass is 35.5. The Morgan fingerprint density at radius 3 is 2.70 bits per heavy atom. The number of hydrogen-bond donors (Lipinski definition) is 0. The molecule has 0 aliphatic heterocycles. The van der Waals surface area contributed by atoms with Gasteiger partial charge in [-0.2, -0.15) is 0 Å². The molecule has 10 heavy (non-hydrogen) atoms. The summed E-state index contributed by atoms with van der Waals surface area (Å²) in [6.45, 7) is 4.66. The van der Waals surface area contributed by atoms with Crippen LogP contribution < -0.4 is 0 Å². The van der Waals surface area contributed by atoms with Crippen molar-refractivity contribution in [3.05, 3.63) is 12.3 Å². The molecule has 0 aliphatic rings. The van der Waals surface area contributed by atoms with E-state index in [1.807, 2.05) is 13.8 Å². The Morgan fingerprint density at radius 2 is 2.30 bits per heavy atom. The fourth-order valence-corrected chi connectivity index (χ4v) is 0.401. The largest absolute Gasteiger partial charge is 0.501 e.